The molecule has 1 heterocycles. The van der Waals surface area contributed by atoms with Gasteiger partial charge < -0.3 is 15.8 Å². The molecule has 0 amide bonds. The van der Waals surface area contributed by atoms with E-state index < -0.39 is 16.8 Å². The lowest BCUT2D eigenvalue weighted by Gasteiger charge is -2.15. The number of hydrogen-bond donors (Lipinski definition) is 2. The summed E-state index contributed by atoms with van der Waals surface area (Å²) < 4.78 is 43.8. The highest BCUT2D eigenvalue weighted by molar-refractivity contribution is 6.32. The number of nitrogens with zero attached hydrogens (tertiary/aromatic N) is 2. The molecule has 0 spiro atoms. The first-order valence-corrected chi connectivity index (χ1v) is 9.46. The van der Waals surface area contributed by atoms with Gasteiger partial charge in [-0.15, -0.1) is 0 Å². The Kier molecular flexibility index (Phi) is 6.70. The molecule has 3 N–H and O–H groups in total. The molecule has 10 heteroatoms. The van der Waals surface area contributed by atoms with Gasteiger partial charge in [-0.3, -0.25) is 0 Å². The number of methoxy groups -OCH3 is 1. The Morgan fingerprint density at radius 2 is 1.83 bits per heavy atom. The van der Waals surface area contributed by atoms with Crippen LogP contribution in [0.2, 0.25) is 10.0 Å². The minimum Gasteiger partial charge on any atom is -0.495 e. The van der Waals surface area contributed by atoms with Crippen molar-refractivity contribution in [3.05, 3.63) is 70.0 Å². The average Bonchev–Trinajstić information content (AvgIpc) is 2.71. The van der Waals surface area contributed by atoms with E-state index in [4.69, 9.17) is 33.7 Å². The fraction of sp³-hybridized carbons (Fsp3) is 0.200. The quantitative estimate of drug-likeness (QED) is 0.505. The maximum Gasteiger partial charge on any atom is 0.417 e. The second-order valence-electron chi connectivity index (χ2n) is 6.36. The third-order valence-electron chi connectivity index (χ3n) is 4.34. The van der Waals surface area contributed by atoms with E-state index in [1.807, 2.05) is 6.07 Å². The van der Waals surface area contributed by atoms with Crippen LogP contribution in [0.15, 0.2) is 48.8 Å². The lowest BCUT2D eigenvalue weighted by atomic mass is 10.1. The van der Waals surface area contributed by atoms with Crippen LogP contribution < -0.4 is 15.8 Å². The standard InChI is InChI=1S/C20H17Cl2F3N4O/c1-30-18-5-3-11(6-15(18)22)16(26)9-27-19-8-17(28-10-29-19)12-2-4-13(14(21)7-12)20(23,24)25/h2-8,10,16H,9,26H2,1H3,(H,27,28,29)/t16-/m0/s1. The predicted molar refractivity (Wildman–Crippen MR) is 111 cm³/mol. The third kappa shape index (κ3) is 5.13. The van der Waals surface area contributed by atoms with Crippen molar-refractivity contribution >= 4 is 29.0 Å². The van der Waals surface area contributed by atoms with Gasteiger partial charge in [-0.1, -0.05) is 35.3 Å². The number of alkyl halides is 3. The number of ether oxygens (including phenoxy) is 1. The van der Waals surface area contributed by atoms with Crippen molar-refractivity contribution in [3.8, 4) is 17.0 Å². The highest BCUT2D eigenvalue weighted by atomic mass is 35.5. The van der Waals surface area contributed by atoms with Gasteiger partial charge in [0.25, 0.3) is 0 Å². The van der Waals surface area contributed by atoms with Crippen LogP contribution in [0.1, 0.15) is 17.2 Å². The molecule has 0 aliphatic rings. The van der Waals surface area contributed by atoms with Crippen LogP contribution in [0.4, 0.5) is 19.0 Å². The van der Waals surface area contributed by atoms with Crippen molar-refractivity contribution in [2.75, 3.05) is 19.0 Å². The van der Waals surface area contributed by atoms with Gasteiger partial charge in [0.15, 0.2) is 0 Å². The first-order chi connectivity index (χ1) is 14.2. The number of rotatable bonds is 6. The van der Waals surface area contributed by atoms with Gasteiger partial charge in [-0.05, 0) is 29.8 Å². The molecule has 2 aromatic carbocycles. The Balaban J connectivity index is 1.73. The molecule has 5 nitrogen and oxygen atoms in total. The van der Waals surface area contributed by atoms with E-state index in [1.54, 1.807) is 18.2 Å². The molecule has 0 aliphatic carbocycles. The molecule has 0 unspecified atom stereocenters. The summed E-state index contributed by atoms with van der Waals surface area (Å²) in [6.07, 6.45) is -3.21. The predicted octanol–water partition coefficient (Wildman–Crippen LogP) is 5.59. The van der Waals surface area contributed by atoms with Crippen molar-refractivity contribution in [2.45, 2.75) is 12.2 Å². The maximum atomic E-state index is 12.9. The zero-order chi connectivity index (χ0) is 21.9. The highest BCUT2D eigenvalue weighted by Crippen LogP contribution is 2.36. The van der Waals surface area contributed by atoms with Crippen molar-refractivity contribution in [2.24, 2.45) is 5.73 Å². The summed E-state index contributed by atoms with van der Waals surface area (Å²) in [4.78, 5) is 8.22. The average molecular weight is 457 g/mol. The van der Waals surface area contributed by atoms with E-state index in [0.29, 0.717) is 34.4 Å². The molecule has 3 aromatic rings. The summed E-state index contributed by atoms with van der Waals surface area (Å²) >= 11 is 11.9. The minimum absolute atomic E-state index is 0.340. The van der Waals surface area contributed by atoms with Gasteiger partial charge in [0.2, 0.25) is 0 Å². The zero-order valence-electron chi connectivity index (χ0n) is 15.7. The third-order valence-corrected chi connectivity index (χ3v) is 4.95. The first kappa shape index (κ1) is 22.1. The van der Waals surface area contributed by atoms with E-state index in [9.17, 15) is 13.2 Å². The number of halogens is 5. The van der Waals surface area contributed by atoms with Crippen molar-refractivity contribution in [3.63, 3.8) is 0 Å². The maximum absolute atomic E-state index is 12.9. The number of nitrogens with two attached hydrogens (primary N) is 1. The van der Waals surface area contributed by atoms with Crippen LogP contribution >= 0.6 is 23.2 Å². The largest absolute Gasteiger partial charge is 0.495 e. The SMILES string of the molecule is COc1ccc([C@@H](N)CNc2cc(-c3ccc(C(F)(F)F)c(Cl)c3)ncn2)cc1Cl. The van der Waals surface area contributed by atoms with Gasteiger partial charge in [-0.25, -0.2) is 9.97 Å². The normalized spacial score (nSPS) is 12.5. The van der Waals surface area contributed by atoms with Gasteiger partial charge in [0.05, 0.1) is 28.4 Å². The van der Waals surface area contributed by atoms with Crippen LogP contribution in [-0.2, 0) is 6.18 Å². The first-order valence-electron chi connectivity index (χ1n) is 8.71. The minimum atomic E-state index is -4.52. The van der Waals surface area contributed by atoms with Crippen molar-refractivity contribution in [1.82, 2.24) is 9.97 Å². The molecule has 158 valence electrons. The molecule has 0 radical (unpaired) electrons. The second kappa shape index (κ2) is 9.07. The number of nitrogens with one attached hydrogen (secondary N) is 1. The number of benzene rings is 2. The number of anilines is 1. The molecule has 0 bridgehead atoms. The molecule has 0 aliphatic heterocycles. The molecule has 1 atom stereocenters. The molecular formula is C20H17Cl2F3N4O. The molecule has 0 saturated carbocycles. The van der Waals surface area contributed by atoms with Crippen LogP contribution in [0.3, 0.4) is 0 Å². The Bertz CT molecular complexity index is 1050. The van der Waals surface area contributed by atoms with Crippen LogP contribution in [0.25, 0.3) is 11.3 Å². The fourth-order valence-electron chi connectivity index (χ4n) is 2.76. The summed E-state index contributed by atoms with van der Waals surface area (Å²) in [6.45, 7) is 0.340. The highest BCUT2D eigenvalue weighted by Gasteiger charge is 2.33. The van der Waals surface area contributed by atoms with Gasteiger partial charge in [0.1, 0.15) is 17.9 Å². The van der Waals surface area contributed by atoms with Crippen LogP contribution in [0.5, 0.6) is 5.75 Å². The summed E-state index contributed by atoms with van der Waals surface area (Å²) in [6, 6.07) is 9.95. The lowest BCUT2D eigenvalue weighted by Crippen LogP contribution is -2.21. The second-order valence-corrected chi connectivity index (χ2v) is 7.18. The molecule has 0 fully saturated rings. The molecule has 30 heavy (non-hydrogen) atoms. The Morgan fingerprint density at radius 1 is 1.07 bits per heavy atom. The Hall–Kier alpha value is -2.55. The summed E-state index contributed by atoms with van der Waals surface area (Å²) in [5.41, 5.74) is 6.96. The van der Waals surface area contributed by atoms with Crippen molar-refractivity contribution < 1.29 is 17.9 Å². The zero-order valence-corrected chi connectivity index (χ0v) is 17.2. The van der Waals surface area contributed by atoms with Crippen molar-refractivity contribution in [1.29, 1.82) is 0 Å². The van der Waals surface area contributed by atoms with Crippen LogP contribution in [0, 0.1) is 0 Å². The molecule has 1 aromatic heterocycles. The smallest absolute Gasteiger partial charge is 0.417 e. The Morgan fingerprint density at radius 3 is 2.47 bits per heavy atom. The summed E-state index contributed by atoms with van der Waals surface area (Å²) in [7, 11) is 1.53. The van der Waals surface area contributed by atoms with Gasteiger partial charge in [0, 0.05) is 24.2 Å². The molecular weight excluding hydrogens is 440 g/mol. The van der Waals surface area contributed by atoms with E-state index in [-0.39, 0.29) is 6.04 Å². The molecule has 3 rings (SSSR count). The number of hydrogen-bond acceptors (Lipinski definition) is 5. The van der Waals surface area contributed by atoms with E-state index in [0.717, 1.165) is 11.6 Å². The number of aromatic nitrogens is 2. The van der Waals surface area contributed by atoms with E-state index in [1.165, 1.54) is 25.6 Å². The summed E-state index contributed by atoms with van der Waals surface area (Å²) in [5, 5.41) is 3.14. The fourth-order valence-corrected chi connectivity index (χ4v) is 3.32. The Labute approximate surface area is 181 Å². The van der Waals surface area contributed by atoms with Gasteiger partial charge >= 0.3 is 6.18 Å². The topological polar surface area (TPSA) is 73.1 Å². The molecule has 0 saturated heterocycles. The monoisotopic (exact) mass is 456 g/mol. The van der Waals surface area contributed by atoms with Crippen LogP contribution in [-0.4, -0.2) is 23.6 Å². The lowest BCUT2D eigenvalue weighted by molar-refractivity contribution is -0.137. The summed E-state index contributed by atoms with van der Waals surface area (Å²) in [5.74, 6) is 1.02. The van der Waals surface area contributed by atoms with E-state index >= 15 is 0 Å². The van der Waals surface area contributed by atoms with E-state index in [2.05, 4.69) is 15.3 Å². The van der Waals surface area contributed by atoms with Gasteiger partial charge in [-0.2, -0.15) is 13.2 Å².